The number of carbonyl (C=O) groups excluding carboxylic acids is 1. The predicted molar refractivity (Wildman–Crippen MR) is 112 cm³/mol. The van der Waals surface area contributed by atoms with Crippen LogP contribution in [0.1, 0.15) is 71.6 Å². The summed E-state index contributed by atoms with van der Waals surface area (Å²) in [5.74, 6) is 1.50. The first-order valence-electron chi connectivity index (χ1n) is 12.6. The summed E-state index contributed by atoms with van der Waals surface area (Å²) < 4.78 is 30.7. The molecule has 4 saturated carbocycles. The highest BCUT2D eigenvalue weighted by Crippen LogP contribution is 2.70. The maximum atomic E-state index is 11.9. The molecule has 0 aromatic rings. The van der Waals surface area contributed by atoms with Crippen LogP contribution in [0.15, 0.2) is 0 Å². The highest BCUT2D eigenvalue weighted by atomic mass is 16.7. The summed E-state index contributed by atoms with van der Waals surface area (Å²) in [6, 6.07) is 0. The summed E-state index contributed by atoms with van der Waals surface area (Å²) in [6.07, 6.45) is 9.89. The molecule has 0 amide bonds. The zero-order valence-corrected chi connectivity index (χ0v) is 19.2. The number of ether oxygens (including phenoxy) is 5. The Balaban J connectivity index is 1.31. The largest absolute Gasteiger partial charge is 0.465 e. The van der Waals surface area contributed by atoms with E-state index in [9.17, 15) is 4.79 Å². The quantitative estimate of drug-likeness (QED) is 0.611. The topological polar surface area (TPSA) is 63.2 Å². The molecule has 6 unspecified atom stereocenters. The molecule has 31 heavy (non-hydrogen) atoms. The van der Waals surface area contributed by atoms with Crippen molar-refractivity contribution in [3.63, 3.8) is 0 Å². The molecule has 6 rings (SSSR count). The van der Waals surface area contributed by atoms with Crippen molar-refractivity contribution >= 4 is 5.97 Å². The van der Waals surface area contributed by atoms with Crippen LogP contribution in [0, 0.1) is 34.5 Å². The SMILES string of the molecule is CC(=O)OCC12CCC3(CC1CCC1C2CCC2(C)C1CCC21OCCO1)OCCO3. The zero-order valence-electron chi connectivity index (χ0n) is 19.2. The van der Waals surface area contributed by atoms with Crippen LogP contribution in [0.4, 0.5) is 0 Å². The average molecular weight is 435 g/mol. The van der Waals surface area contributed by atoms with E-state index < -0.39 is 0 Å². The van der Waals surface area contributed by atoms with E-state index in [1.807, 2.05) is 0 Å². The summed E-state index contributed by atoms with van der Waals surface area (Å²) in [5.41, 5.74) is 0.164. The highest BCUT2D eigenvalue weighted by molar-refractivity contribution is 5.65. The molecule has 2 saturated heterocycles. The Labute approximate surface area is 185 Å². The van der Waals surface area contributed by atoms with E-state index in [4.69, 9.17) is 23.7 Å². The van der Waals surface area contributed by atoms with Crippen LogP contribution in [0.3, 0.4) is 0 Å². The fraction of sp³-hybridized carbons (Fsp3) is 0.960. The van der Waals surface area contributed by atoms with E-state index in [-0.39, 0.29) is 28.4 Å². The summed E-state index contributed by atoms with van der Waals surface area (Å²) in [5, 5.41) is 0. The van der Waals surface area contributed by atoms with Gasteiger partial charge in [0.05, 0.1) is 33.0 Å². The van der Waals surface area contributed by atoms with Crippen molar-refractivity contribution in [2.75, 3.05) is 33.0 Å². The third-order valence-corrected chi connectivity index (χ3v) is 10.5. The van der Waals surface area contributed by atoms with E-state index in [1.54, 1.807) is 6.92 Å². The summed E-state index contributed by atoms with van der Waals surface area (Å²) in [7, 11) is 0. The summed E-state index contributed by atoms with van der Waals surface area (Å²) in [6.45, 7) is 7.43. The van der Waals surface area contributed by atoms with Gasteiger partial charge in [0, 0.05) is 37.0 Å². The van der Waals surface area contributed by atoms with Gasteiger partial charge in [-0.15, -0.1) is 0 Å². The predicted octanol–water partition coefficient (Wildman–Crippen LogP) is 4.06. The van der Waals surface area contributed by atoms with Crippen molar-refractivity contribution in [1.82, 2.24) is 0 Å². The molecule has 6 nitrogen and oxygen atoms in total. The lowest BCUT2D eigenvalue weighted by molar-refractivity contribution is -0.264. The van der Waals surface area contributed by atoms with Gasteiger partial charge in [0.15, 0.2) is 11.6 Å². The van der Waals surface area contributed by atoms with Gasteiger partial charge in [-0.05, 0) is 62.2 Å². The van der Waals surface area contributed by atoms with Crippen molar-refractivity contribution in [2.45, 2.75) is 83.2 Å². The van der Waals surface area contributed by atoms with Gasteiger partial charge in [0.2, 0.25) is 0 Å². The Morgan fingerprint density at radius 1 is 0.871 bits per heavy atom. The minimum Gasteiger partial charge on any atom is -0.465 e. The fourth-order valence-corrected chi connectivity index (χ4v) is 9.16. The minimum atomic E-state index is -0.386. The number of carbonyl (C=O) groups is 1. The van der Waals surface area contributed by atoms with Gasteiger partial charge < -0.3 is 23.7 Å². The van der Waals surface area contributed by atoms with Crippen LogP contribution in [0.5, 0.6) is 0 Å². The summed E-state index contributed by atoms with van der Waals surface area (Å²) >= 11 is 0. The monoisotopic (exact) mass is 434 g/mol. The molecule has 174 valence electrons. The molecule has 6 atom stereocenters. The third kappa shape index (κ3) is 2.87. The normalized spacial score (nSPS) is 47.2. The standard InChI is InChI=1S/C25H38O6/c1-17(26)27-16-23-9-10-24(28-11-12-29-24)15-18(23)3-4-19-20-6-8-25(30-13-14-31-25)22(20,2)7-5-21(19)23/h18-21H,3-16H2,1-2H3. The molecule has 0 radical (unpaired) electrons. The van der Waals surface area contributed by atoms with Gasteiger partial charge in [0.25, 0.3) is 0 Å². The van der Waals surface area contributed by atoms with Crippen molar-refractivity contribution in [3.05, 3.63) is 0 Å². The van der Waals surface area contributed by atoms with Crippen molar-refractivity contribution < 1.29 is 28.5 Å². The van der Waals surface area contributed by atoms with Crippen LogP contribution in [0.2, 0.25) is 0 Å². The lowest BCUT2D eigenvalue weighted by Gasteiger charge is -2.62. The van der Waals surface area contributed by atoms with Crippen molar-refractivity contribution in [2.24, 2.45) is 34.5 Å². The van der Waals surface area contributed by atoms with Gasteiger partial charge in [-0.3, -0.25) is 4.79 Å². The molecule has 2 spiro atoms. The Bertz CT molecular complexity index is 726. The molecule has 0 N–H and O–H groups in total. The molecule has 0 bridgehead atoms. The second-order valence-corrected chi connectivity index (χ2v) is 11.4. The average Bonchev–Trinajstić information content (AvgIpc) is 3.48. The molecule has 6 aliphatic rings. The maximum absolute atomic E-state index is 11.9. The Morgan fingerprint density at radius 2 is 1.58 bits per heavy atom. The lowest BCUT2D eigenvalue weighted by atomic mass is 9.44. The van der Waals surface area contributed by atoms with Gasteiger partial charge in [-0.2, -0.15) is 0 Å². The first-order valence-corrected chi connectivity index (χ1v) is 12.6. The zero-order chi connectivity index (χ0) is 21.3. The lowest BCUT2D eigenvalue weighted by Crippen LogP contribution is -2.60. The Kier molecular flexibility index (Phi) is 4.82. The van der Waals surface area contributed by atoms with Gasteiger partial charge in [-0.1, -0.05) is 6.92 Å². The first-order chi connectivity index (χ1) is 14.9. The first kappa shape index (κ1) is 20.9. The van der Waals surface area contributed by atoms with Gasteiger partial charge in [0.1, 0.15) is 0 Å². The van der Waals surface area contributed by atoms with Crippen LogP contribution >= 0.6 is 0 Å². The van der Waals surface area contributed by atoms with Gasteiger partial charge >= 0.3 is 5.97 Å². The highest BCUT2D eigenvalue weighted by Gasteiger charge is 2.68. The number of rotatable bonds is 2. The Hall–Kier alpha value is -0.690. The molecule has 0 aromatic heterocycles. The molecule has 2 heterocycles. The van der Waals surface area contributed by atoms with Gasteiger partial charge in [-0.25, -0.2) is 0 Å². The molecular formula is C25H38O6. The van der Waals surface area contributed by atoms with Crippen LogP contribution in [-0.2, 0) is 28.5 Å². The molecule has 2 aliphatic heterocycles. The Morgan fingerprint density at radius 3 is 2.32 bits per heavy atom. The fourth-order valence-electron chi connectivity index (χ4n) is 9.16. The molecule has 6 heteroatoms. The van der Waals surface area contributed by atoms with Crippen molar-refractivity contribution in [1.29, 1.82) is 0 Å². The molecule has 4 aliphatic carbocycles. The molecule has 6 fully saturated rings. The number of hydrogen-bond donors (Lipinski definition) is 0. The summed E-state index contributed by atoms with van der Waals surface area (Å²) in [4.78, 5) is 11.9. The number of esters is 1. The molecular weight excluding hydrogens is 396 g/mol. The minimum absolute atomic E-state index is 0.0591. The van der Waals surface area contributed by atoms with E-state index >= 15 is 0 Å². The van der Waals surface area contributed by atoms with E-state index in [0.29, 0.717) is 43.5 Å². The van der Waals surface area contributed by atoms with Crippen LogP contribution in [-0.4, -0.2) is 50.6 Å². The number of hydrogen-bond acceptors (Lipinski definition) is 6. The smallest absolute Gasteiger partial charge is 0.302 e. The van der Waals surface area contributed by atoms with E-state index in [1.165, 1.54) is 25.7 Å². The molecule has 0 aromatic carbocycles. The maximum Gasteiger partial charge on any atom is 0.302 e. The van der Waals surface area contributed by atoms with E-state index in [2.05, 4.69) is 6.92 Å². The van der Waals surface area contributed by atoms with Crippen molar-refractivity contribution in [3.8, 4) is 0 Å². The second kappa shape index (κ2) is 7.15. The number of fused-ring (bicyclic) bond motifs is 6. The van der Waals surface area contributed by atoms with Crippen LogP contribution in [0.25, 0.3) is 0 Å². The second-order valence-electron chi connectivity index (χ2n) is 11.4. The van der Waals surface area contributed by atoms with E-state index in [0.717, 1.165) is 45.3 Å². The third-order valence-electron chi connectivity index (χ3n) is 10.5. The van der Waals surface area contributed by atoms with Crippen LogP contribution < -0.4 is 0 Å².